The molecule has 0 bridgehead atoms. The van der Waals surface area contributed by atoms with Gasteiger partial charge in [0.25, 0.3) is 0 Å². The fraction of sp³-hybridized carbons (Fsp3) is 0.429. The molecule has 1 aromatic rings. The van der Waals surface area contributed by atoms with Crippen LogP contribution in [0.3, 0.4) is 0 Å². The SMILES string of the molecule is C/C=C/CCNC(CN)c1cc(Cl)c2c(c1)OCO2. The molecule has 1 aliphatic heterocycles. The van der Waals surface area contributed by atoms with Crippen LogP contribution in [0.2, 0.25) is 5.02 Å². The predicted octanol–water partition coefficient (Wildman–Crippen LogP) is 2.62. The minimum atomic E-state index is 0.0669. The normalized spacial score (nSPS) is 15.1. The molecule has 0 spiro atoms. The lowest BCUT2D eigenvalue weighted by Crippen LogP contribution is -2.28. The molecular formula is C14H19ClN2O2. The van der Waals surface area contributed by atoms with E-state index >= 15 is 0 Å². The molecule has 2 rings (SSSR count). The van der Waals surface area contributed by atoms with Gasteiger partial charge in [0.15, 0.2) is 11.5 Å². The zero-order valence-electron chi connectivity index (χ0n) is 11.0. The summed E-state index contributed by atoms with van der Waals surface area (Å²) in [5, 5.41) is 3.98. The first kappa shape index (κ1) is 14.2. The Morgan fingerprint density at radius 2 is 2.32 bits per heavy atom. The maximum absolute atomic E-state index is 6.17. The van der Waals surface area contributed by atoms with Gasteiger partial charge in [-0.05, 0) is 37.6 Å². The van der Waals surface area contributed by atoms with E-state index in [9.17, 15) is 0 Å². The average molecular weight is 283 g/mol. The van der Waals surface area contributed by atoms with E-state index in [2.05, 4.69) is 11.4 Å². The first-order valence-corrected chi connectivity index (χ1v) is 6.77. The maximum atomic E-state index is 6.17. The molecule has 0 saturated heterocycles. The molecule has 1 aliphatic rings. The van der Waals surface area contributed by atoms with Crippen molar-refractivity contribution in [1.29, 1.82) is 0 Å². The van der Waals surface area contributed by atoms with Gasteiger partial charge in [0.05, 0.1) is 5.02 Å². The lowest BCUT2D eigenvalue weighted by Gasteiger charge is -2.17. The Morgan fingerprint density at radius 3 is 3.05 bits per heavy atom. The van der Waals surface area contributed by atoms with Crippen LogP contribution in [0.25, 0.3) is 0 Å². The number of ether oxygens (including phenoxy) is 2. The summed E-state index contributed by atoms with van der Waals surface area (Å²) in [6.07, 6.45) is 5.13. The molecule has 1 aromatic carbocycles. The van der Waals surface area contributed by atoms with Crippen LogP contribution in [0.4, 0.5) is 0 Å². The lowest BCUT2D eigenvalue weighted by atomic mass is 10.1. The van der Waals surface area contributed by atoms with Gasteiger partial charge in [0.1, 0.15) is 0 Å². The number of rotatable bonds is 6. The van der Waals surface area contributed by atoms with E-state index in [1.807, 2.05) is 25.1 Å². The zero-order valence-corrected chi connectivity index (χ0v) is 11.7. The Bertz CT molecular complexity index is 463. The summed E-state index contributed by atoms with van der Waals surface area (Å²) < 4.78 is 10.7. The highest BCUT2D eigenvalue weighted by Gasteiger charge is 2.20. The van der Waals surface area contributed by atoms with E-state index < -0.39 is 0 Å². The molecule has 0 radical (unpaired) electrons. The minimum absolute atomic E-state index is 0.0669. The van der Waals surface area contributed by atoms with Gasteiger partial charge in [-0.25, -0.2) is 0 Å². The van der Waals surface area contributed by atoms with Crippen LogP contribution in [0.1, 0.15) is 24.9 Å². The van der Waals surface area contributed by atoms with Gasteiger partial charge in [0, 0.05) is 12.6 Å². The molecular weight excluding hydrogens is 264 g/mol. The molecule has 0 amide bonds. The van der Waals surface area contributed by atoms with Crippen LogP contribution in [-0.2, 0) is 0 Å². The number of hydrogen-bond donors (Lipinski definition) is 2. The number of halogens is 1. The molecule has 1 atom stereocenters. The average Bonchev–Trinajstić information content (AvgIpc) is 2.88. The van der Waals surface area contributed by atoms with Crippen molar-refractivity contribution in [1.82, 2.24) is 5.32 Å². The fourth-order valence-electron chi connectivity index (χ4n) is 2.03. The van der Waals surface area contributed by atoms with Crippen molar-refractivity contribution >= 4 is 11.6 Å². The van der Waals surface area contributed by atoms with Gasteiger partial charge >= 0.3 is 0 Å². The van der Waals surface area contributed by atoms with Gasteiger partial charge in [-0.1, -0.05) is 23.8 Å². The molecule has 0 aliphatic carbocycles. The molecule has 0 saturated carbocycles. The van der Waals surface area contributed by atoms with Crippen molar-refractivity contribution in [2.45, 2.75) is 19.4 Å². The van der Waals surface area contributed by atoms with Gasteiger partial charge in [-0.15, -0.1) is 0 Å². The van der Waals surface area contributed by atoms with E-state index in [-0.39, 0.29) is 12.8 Å². The van der Waals surface area contributed by atoms with Crippen molar-refractivity contribution in [2.75, 3.05) is 19.9 Å². The van der Waals surface area contributed by atoms with Gasteiger partial charge in [-0.3, -0.25) is 0 Å². The third-order valence-electron chi connectivity index (χ3n) is 3.03. The van der Waals surface area contributed by atoms with E-state index in [1.165, 1.54) is 0 Å². The Labute approximate surface area is 118 Å². The van der Waals surface area contributed by atoms with Crippen molar-refractivity contribution in [3.8, 4) is 11.5 Å². The topological polar surface area (TPSA) is 56.5 Å². The number of nitrogens with two attached hydrogens (primary N) is 1. The van der Waals surface area contributed by atoms with Gasteiger partial charge in [0.2, 0.25) is 6.79 Å². The summed E-state index contributed by atoms with van der Waals surface area (Å²) in [6.45, 7) is 3.61. The van der Waals surface area contributed by atoms with Gasteiger partial charge in [-0.2, -0.15) is 0 Å². The van der Waals surface area contributed by atoms with E-state index in [1.54, 1.807) is 0 Å². The summed E-state index contributed by atoms with van der Waals surface area (Å²) in [5.41, 5.74) is 6.84. The summed E-state index contributed by atoms with van der Waals surface area (Å²) in [6, 6.07) is 3.89. The second kappa shape index (κ2) is 6.80. The highest BCUT2D eigenvalue weighted by atomic mass is 35.5. The van der Waals surface area contributed by atoms with Crippen LogP contribution in [-0.4, -0.2) is 19.9 Å². The highest BCUT2D eigenvalue weighted by Crippen LogP contribution is 2.40. The number of benzene rings is 1. The minimum Gasteiger partial charge on any atom is -0.454 e. The maximum Gasteiger partial charge on any atom is 0.231 e. The Morgan fingerprint density at radius 1 is 1.47 bits per heavy atom. The Balaban J connectivity index is 2.08. The van der Waals surface area contributed by atoms with Crippen molar-refractivity contribution in [2.24, 2.45) is 5.73 Å². The third kappa shape index (κ3) is 3.41. The van der Waals surface area contributed by atoms with Crippen molar-refractivity contribution in [3.63, 3.8) is 0 Å². The molecule has 4 nitrogen and oxygen atoms in total. The molecule has 1 heterocycles. The molecule has 3 N–H and O–H groups in total. The van der Waals surface area contributed by atoms with E-state index in [0.717, 1.165) is 18.5 Å². The summed E-state index contributed by atoms with van der Waals surface area (Å²) >= 11 is 6.17. The van der Waals surface area contributed by atoms with E-state index in [4.69, 9.17) is 26.8 Å². The second-order valence-corrected chi connectivity index (χ2v) is 4.74. The number of nitrogens with one attached hydrogen (secondary N) is 1. The third-order valence-corrected chi connectivity index (χ3v) is 3.31. The zero-order chi connectivity index (χ0) is 13.7. The first-order chi connectivity index (χ1) is 9.26. The van der Waals surface area contributed by atoms with Gasteiger partial charge < -0.3 is 20.5 Å². The standard InChI is InChI=1S/C14H19ClN2O2/c1-2-3-4-5-17-12(8-16)10-6-11(15)14-13(7-10)18-9-19-14/h2-3,6-7,12,17H,4-5,8-9,16H2,1H3/b3-2+. The second-order valence-electron chi connectivity index (χ2n) is 4.34. The number of allylic oxidation sites excluding steroid dienone is 1. The van der Waals surface area contributed by atoms with Crippen molar-refractivity contribution in [3.05, 3.63) is 34.9 Å². The molecule has 104 valence electrons. The first-order valence-electron chi connectivity index (χ1n) is 6.40. The Hall–Kier alpha value is -1.23. The Kier molecular flexibility index (Phi) is 5.07. The summed E-state index contributed by atoms with van der Waals surface area (Å²) in [4.78, 5) is 0. The monoisotopic (exact) mass is 282 g/mol. The molecule has 19 heavy (non-hydrogen) atoms. The largest absolute Gasteiger partial charge is 0.454 e. The molecule has 0 fully saturated rings. The smallest absolute Gasteiger partial charge is 0.231 e. The molecule has 1 unspecified atom stereocenters. The molecule has 5 heteroatoms. The fourth-order valence-corrected chi connectivity index (χ4v) is 2.31. The van der Waals surface area contributed by atoms with Crippen LogP contribution in [0.15, 0.2) is 24.3 Å². The number of fused-ring (bicyclic) bond motifs is 1. The highest BCUT2D eigenvalue weighted by molar-refractivity contribution is 6.32. The lowest BCUT2D eigenvalue weighted by molar-refractivity contribution is 0.174. The van der Waals surface area contributed by atoms with E-state index in [0.29, 0.717) is 23.1 Å². The summed E-state index contributed by atoms with van der Waals surface area (Å²) in [7, 11) is 0. The van der Waals surface area contributed by atoms with Crippen LogP contribution in [0, 0.1) is 0 Å². The van der Waals surface area contributed by atoms with Crippen molar-refractivity contribution < 1.29 is 9.47 Å². The number of hydrogen-bond acceptors (Lipinski definition) is 4. The van der Waals surface area contributed by atoms with Crippen LogP contribution in [0.5, 0.6) is 11.5 Å². The summed E-state index contributed by atoms with van der Waals surface area (Å²) in [5.74, 6) is 1.31. The quantitative estimate of drug-likeness (QED) is 0.622. The van der Waals surface area contributed by atoms with Crippen LogP contribution < -0.4 is 20.5 Å². The van der Waals surface area contributed by atoms with Crippen LogP contribution >= 0.6 is 11.6 Å². The predicted molar refractivity (Wildman–Crippen MR) is 76.8 cm³/mol. The molecule has 0 aromatic heterocycles.